The third-order valence-corrected chi connectivity index (χ3v) is 4.49. The molecule has 2 rings (SSSR count). The van der Waals surface area contributed by atoms with Crippen LogP contribution in [0.4, 0.5) is 0 Å². The van der Waals surface area contributed by atoms with Crippen molar-refractivity contribution < 1.29 is 14.7 Å². The van der Waals surface area contributed by atoms with Crippen molar-refractivity contribution in [1.82, 2.24) is 4.90 Å². The predicted octanol–water partition coefficient (Wildman–Crippen LogP) is 2.48. The Kier molecular flexibility index (Phi) is 3.14. The van der Waals surface area contributed by atoms with E-state index in [0.29, 0.717) is 29.3 Å². The number of aliphatic carboxylic acids is 1. The molecule has 1 N–H and O–H groups in total. The minimum Gasteiger partial charge on any atom is -0.480 e. The second kappa shape index (κ2) is 4.31. The average molecular weight is 274 g/mol. The fraction of sp³-hybridized carbons (Fsp3) is 0.455. The van der Waals surface area contributed by atoms with E-state index in [0.717, 1.165) is 0 Å². The van der Waals surface area contributed by atoms with Crippen LogP contribution in [0.15, 0.2) is 11.4 Å². The number of likely N-dealkylation sites (tertiary alicyclic amines) is 1. The van der Waals surface area contributed by atoms with Gasteiger partial charge in [0.05, 0.1) is 5.02 Å². The van der Waals surface area contributed by atoms with Crippen LogP contribution < -0.4 is 0 Å². The highest BCUT2D eigenvalue weighted by Gasteiger charge is 2.46. The van der Waals surface area contributed by atoms with E-state index in [9.17, 15) is 14.7 Å². The van der Waals surface area contributed by atoms with E-state index in [1.807, 2.05) is 0 Å². The quantitative estimate of drug-likeness (QED) is 0.901. The van der Waals surface area contributed by atoms with Gasteiger partial charge in [0.25, 0.3) is 5.91 Å². The fourth-order valence-electron chi connectivity index (χ4n) is 2.08. The third-order valence-electron chi connectivity index (χ3n) is 3.16. The number of hydrogen-bond acceptors (Lipinski definition) is 3. The topological polar surface area (TPSA) is 57.6 Å². The Labute approximate surface area is 108 Å². The van der Waals surface area contributed by atoms with Crippen molar-refractivity contribution in [1.29, 1.82) is 0 Å². The molecule has 0 aliphatic carbocycles. The highest BCUT2D eigenvalue weighted by molar-refractivity contribution is 7.12. The molecule has 92 valence electrons. The highest BCUT2D eigenvalue weighted by atomic mass is 35.5. The smallest absolute Gasteiger partial charge is 0.329 e. The van der Waals surface area contributed by atoms with Crippen molar-refractivity contribution in [3.8, 4) is 0 Å². The molecule has 0 bridgehead atoms. The fourth-order valence-corrected chi connectivity index (χ4v) is 3.16. The summed E-state index contributed by atoms with van der Waals surface area (Å²) in [5.41, 5.74) is -1.11. The predicted molar refractivity (Wildman–Crippen MR) is 65.6 cm³/mol. The second-order valence-electron chi connectivity index (χ2n) is 4.24. The van der Waals surface area contributed by atoms with E-state index in [-0.39, 0.29) is 5.91 Å². The third kappa shape index (κ3) is 1.93. The summed E-state index contributed by atoms with van der Waals surface area (Å²) in [6.45, 7) is 2.05. The van der Waals surface area contributed by atoms with Crippen molar-refractivity contribution in [2.24, 2.45) is 0 Å². The van der Waals surface area contributed by atoms with Crippen molar-refractivity contribution >= 4 is 34.8 Å². The zero-order valence-electron chi connectivity index (χ0n) is 9.27. The van der Waals surface area contributed by atoms with Crippen LogP contribution in [-0.4, -0.2) is 34.0 Å². The van der Waals surface area contributed by atoms with Crippen molar-refractivity contribution in [2.75, 3.05) is 6.54 Å². The molecular weight excluding hydrogens is 262 g/mol. The van der Waals surface area contributed by atoms with Crippen LogP contribution in [0.1, 0.15) is 29.4 Å². The van der Waals surface area contributed by atoms with Crippen LogP contribution in [0.5, 0.6) is 0 Å². The summed E-state index contributed by atoms with van der Waals surface area (Å²) in [7, 11) is 0. The van der Waals surface area contributed by atoms with Gasteiger partial charge in [0, 0.05) is 6.54 Å². The van der Waals surface area contributed by atoms with Crippen LogP contribution in [0.2, 0.25) is 5.02 Å². The monoisotopic (exact) mass is 273 g/mol. The number of hydrogen-bond donors (Lipinski definition) is 1. The first-order chi connectivity index (χ1) is 7.97. The molecule has 1 saturated heterocycles. The molecule has 2 heterocycles. The number of carboxylic acid groups (broad SMARTS) is 1. The number of carboxylic acids is 1. The summed E-state index contributed by atoms with van der Waals surface area (Å²) in [5, 5.41) is 11.3. The van der Waals surface area contributed by atoms with Gasteiger partial charge in [-0.1, -0.05) is 11.6 Å². The van der Waals surface area contributed by atoms with E-state index in [1.54, 1.807) is 18.4 Å². The van der Waals surface area contributed by atoms with Gasteiger partial charge in [-0.15, -0.1) is 11.3 Å². The van der Waals surface area contributed by atoms with Crippen molar-refractivity contribution in [2.45, 2.75) is 25.3 Å². The molecule has 0 aromatic carbocycles. The number of thiophene rings is 1. The molecule has 1 atom stereocenters. The lowest BCUT2D eigenvalue weighted by molar-refractivity contribution is -0.147. The number of carbonyl (C=O) groups excluding carboxylic acids is 1. The molecular formula is C11H12ClNO3S. The Morgan fingerprint density at radius 3 is 2.82 bits per heavy atom. The lowest BCUT2D eigenvalue weighted by Crippen LogP contribution is -2.50. The SMILES string of the molecule is CC1(C(=O)O)CCCN1C(=O)c1sccc1Cl. The summed E-state index contributed by atoms with van der Waals surface area (Å²) < 4.78 is 0. The van der Waals surface area contributed by atoms with Gasteiger partial charge in [-0.3, -0.25) is 4.79 Å². The van der Waals surface area contributed by atoms with Gasteiger partial charge in [0.1, 0.15) is 10.4 Å². The largest absolute Gasteiger partial charge is 0.480 e. The van der Waals surface area contributed by atoms with Crippen LogP contribution in [0.25, 0.3) is 0 Å². The van der Waals surface area contributed by atoms with Gasteiger partial charge in [-0.25, -0.2) is 4.79 Å². The number of amides is 1. The summed E-state index contributed by atoms with van der Waals surface area (Å²) in [4.78, 5) is 25.3. The maximum absolute atomic E-state index is 12.2. The maximum Gasteiger partial charge on any atom is 0.329 e. The highest BCUT2D eigenvalue weighted by Crippen LogP contribution is 2.33. The average Bonchev–Trinajstić information content (AvgIpc) is 2.84. The molecule has 1 aliphatic rings. The minimum absolute atomic E-state index is 0.285. The molecule has 1 aromatic heterocycles. The van der Waals surface area contributed by atoms with E-state index in [1.165, 1.54) is 16.2 Å². The molecule has 17 heavy (non-hydrogen) atoms. The molecule has 0 saturated carbocycles. The van der Waals surface area contributed by atoms with Crippen molar-refractivity contribution in [3.05, 3.63) is 21.3 Å². The molecule has 1 fully saturated rings. The Morgan fingerprint density at radius 1 is 1.59 bits per heavy atom. The van der Waals surface area contributed by atoms with E-state index in [4.69, 9.17) is 11.6 Å². The van der Waals surface area contributed by atoms with Crippen LogP contribution in [-0.2, 0) is 4.79 Å². The standard InChI is InChI=1S/C11H12ClNO3S/c1-11(10(15)16)4-2-5-13(11)9(14)8-7(12)3-6-17-8/h3,6H,2,4-5H2,1H3,(H,15,16). The number of halogens is 1. The zero-order chi connectivity index (χ0) is 12.6. The Bertz CT molecular complexity index is 473. The van der Waals surface area contributed by atoms with Gasteiger partial charge in [0.2, 0.25) is 0 Å². The minimum atomic E-state index is -1.11. The molecule has 0 radical (unpaired) electrons. The van der Waals surface area contributed by atoms with Gasteiger partial charge in [-0.05, 0) is 31.2 Å². The van der Waals surface area contributed by atoms with Crippen LogP contribution >= 0.6 is 22.9 Å². The van der Waals surface area contributed by atoms with Gasteiger partial charge in [0.15, 0.2) is 0 Å². The molecule has 1 unspecified atom stereocenters. The first kappa shape index (κ1) is 12.4. The number of rotatable bonds is 2. The van der Waals surface area contributed by atoms with E-state index >= 15 is 0 Å². The van der Waals surface area contributed by atoms with Crippen LogP contribution in [0.3, 0.4) is 0 Å². The Hall–Kier alpha value is -1.07. The first-order valence-electron chi connectivity index (χ1n) is 5.25. The summed E-state index contributed by atoms with van der Waals surface area (Å²) >= 11 is 7.14. The Balaban J connectivity index is 2.32. The Morgan fingerprint density at radius 2 is 2.29 bits per heavy atom. The molecule has 6 heteroatoms. The van der Waals surface area contributed by atoms with Gasteiger partial charge >= 0.3 is 5.97 Å². The van der Waals surface area contributed by atoms with Crippen LogP contribution in [0, 0.1) is 0 Å². The molecule has 1 amide bonds. The van der Waals surface area contributed by atoms with Crippen molar-refractivity contribution in [3.63, 3.8) is 0 Å². The summed E-state index contributed by atoms with van der Waals surface area (Å²) in [6, 6.07) is 1.65. The normalized spacial score (nSPS) is 24.0. The molecule has 4 nitrogen and oxygen atoms in total. The maximum atomic E-state index is 12.2. The molecule has 0 spiro atoms. The molecule has 1 aliphatic heterocycles. The first-order valence-corrected chi connectivity index (χ1v) is 6.51. The second-order valence-corrected chi connectivity index (χ2v) is 5.56. The zero-order valence-corrected chi connectivity index (χ0v) is 10.8. The van der Waals surface area contributed by atoms with E-state index < -0.39 is 11.5 Å². The number of nitrogens with zero attached hydrogens (tertiary/aromatic N) is 1. The lowest BCUT2D eigenvalue weighted by atomic mass is 9.99. The summed E-state index contributed by atoms with van der Waals surface area (Å²) in [5.74, 6) is -1.25. The molecule has 1 aromatic rings. The van der Waals surface area contributed by atoms with Gasteiger partial charge in [-0.2, -0.15) is 0 Å². The lowest BCUT2D eigenvalue weighted by Gasteiger charge is -2.30. The van der Waals surface area contributed by atoms with E-state index in [2.05, 4.69) is 0 Å². The van der Waals surface area contributed by atoms with Gasteiger partial charge < -0.3 is 10.0 Å². The number of carbonyl (C=O) groups is 2. The summed E-state index contributed by atoms with van der Waals surface area (Å²) in [6.07, 6.45) is 1.19.